The molecule has 1 fully saturated rings. The highest BCUT2D eigenvalue weighted by atomic mass is 127. The molecule has 0 heterocycles. The molecule has 0 aliphatic heterocycles. The van der Waals surface area contributed by atoms with Crippen LogP contribution in [0, 0.1) is 9.39 Å². The van der Waals surface area contributed by atoms with E-state index in [1.165, 1.54) is 18.2 Å². The summed E-state index contributed by atoms with van der Waals surface area (Å²) in [6, 6.07) is 4.19. The Morgan fingerprint density at radius 3 is 2.78 bits per heavy atom. The van der Waals surface area contributed by atoms with Crippen LogP contribution in [0.25, 0.3) is 0 Å². The number of amides is 1. The van der Waals surface area contributed by atoms with E-state index in [9.17, 15) is 9.18 Å². The molecule has 2 unspecified atom stereocenters. The van der Waals surface area contributed by atoms with Crippen LogP contribution in [0.1, 0.15) is 36.0 Å². The third-order valence-electron chi connectivity index (χ3n) is 3.17. The maximum absolute atomic E-state index is 13.0. The minimum atomic E-state index is -0.330. The molecule has 18 heavy (non-hydrogen) atoms. The smallest absolute Gasteiger partial charge is 0.252 e. The molecule has 2 atom stereocenters. The van der Waals surface area contributed by atoms with Gasteiger partial charge in [-0.1, -0.05) is 12.8 Å². The Morgan fingerprint density at radius 1 is 1.39 bits per heavy atom. The van der Waals surface area contributed by atoms with Gasteiger partial charge in [-0.2, -0.15) is 0 Å². The predicted molar refractivity (Wildman–Crippen MR) is 78.5 cm³/mol. The normalized spacial score (nSPS) is 23.7. The van der Waals surface area contributed by atoms with Gasteiger partial charge in [-0.05, 0) is 53.6 Å². The molecule has 2 nitrogen and oxygen atoms in total. The van der Waals surface area contributed by atoms with Crippen LogP contribution in [0.3, 0.4) is 0 Å². The molecule has 5 heteroatoms. The standard InChI is InChI=1S/C13H14ClFINO/c14-10-3-1-2-4-12(10)17-13(18)9-6-5-8(15)7-11(9)16/h5-7,10,12H,1-4H2,(H,17,18). The van der Waals surface area contributed by atoms with E-state index < -0.39 is 0 Å². The monoisotopic (exact) mass is 381 g/mol. The number of carbonyl (C=O) groups is 1. The SMILES string of the molecule is O=C(NC1CCCCC1Cl)c1ccc(F)cc1I. The van der Waals surface area contributed by atoms with Crippen LogP contribution in [-0.2, 0) is 0 Å². The molecule has 1 aromatic rings. The minimum Gasteiger partial charge on any atom is -0.348 e. The Morgan fingerprint density at radius 2 is 2.11 bits per heavy atom. The van der Waals surface area contributed by atoms with Crippen LogP contribution < -0.4 is 5.32 Å². The van der Waals surface area contributed by atoms with E-state index in [4.69, 9.17) is 11.6 Å². The van der Waals surface area contributed by atoms with Gasteiger partial charge in [-0.15, -0.1) is 11.6 Å². The van der Waals surface area contributed by atoms with Crippen molar-refractivity contribution < 1.29 is 9.18 Å². The van der Waals surface area contributed by atoms with Gasteiger partial charge in [0.1, 0.15) is 5.82 Å². The first kappa shape index (κ1) is 14.1. The summed E-state index contributed by atoms with van der Waals surface area (Å²) < 4.78 is 13.6. The summed E-state index contributed by atoms with van der Waals surface area (Å²) in [4.78, 5) is 12.1. The zero-order chi connectivity index (χ0) is 13.1. The fourth-order valence-electron chi connectivity index (χ4n) is 2.17. The molecule has 1 amide bonds. The summed E-state index contributed by atoms with van der Waals surface area (Å²) in [5, 5.41) is 2.95. The Hall–Kier alpha value is -0.360. The summed E-state index contributed by atoms with van der Waals surface area (Å²) in [6.45, 7) is 0. The number of rotatable bonds is 2. The minimum absolute atomic E-state index is 0.000750. The average Bonchev–Trinajstić information content (AvgIpc) is 2.32. The molecular weight excluding hydrogens is 368 g/mol. The van der Waals surface area contributed by atoms with Gasteiger partial charge in [0.05, 0.1) is 10.9 Å². The lowest BCUT2D eigenvalue weighted by molar-refractivity contribution is 0.0927. The summed E-state index contributed by atoms with van der Waals surface area (Å²) in [7, 11) is 0. The van der Waals surface area contributed by atoms with Crippen LogP contribution in [0.2, 0.25) is 0 Å². The lowest BCUT2D eigenvalue weighted by Crippen LogP contribution is -2.43. The van der Waals surface area contributed by atoms with Crippen molar-refractivity contribution in [3.8, 4) is 0 Å². The van der Waals surface area contributed by atoms with Crippen LogP contribution in [0.4, 0.5) is 4.39 Å². The van der Waals surface area contributed by atoms with Crippen molar-refractivity contribution in [3.63, 3.8) is 0 Å². The van der Waals surface area contributed by atoms with Crippen molar-refractivity contribution in [1.82, 2.24) is 5.32 Å². The van der Waals surface area contributed by atoms with Gasteiger partial charge in [-0.3, -0.25) is 4.79 Å². The Kier molecular flexibility index (Phi) is 4.84. The lowest BCUT2D eigenvalue weighted by atomic mass is 9.94. The van der Waals surface area contributed by atoms with E-state index >= 15 is 0 Å². The van der Waals surface area contributed by atoms with E-state index in [2.05, 4.69) is 5.32 Å². The number of carbonyl (C=O) groups excluding carboxylic acids is 1. The molecule has 0 aromatic heterocycles. The van der Waals surface area contributed by atoms with Crippen molar-refractivity contribution in [3.05, 3.63) is 33.1 Å². The summed E-state index contributed by atoms with van der Waals surface area (Å²) in [6.07, 6.45) is 4.06. The summed E-state index contributed by atoms with van der Waals surface area (Å²) >= 11 is 8.17. The first-order chi connectivity index (χ1) is 8.58. The van der Waals surface area contributed by atoms with E-state index in [1.54, 1.807) is 0 Å². The number of nitrogens with one attached hydrogen (secondary N) is 1. The van der Waals surface area contributed by atoms with Crippen molar-refractivity contribution >= 4 is 40.1 Å². The molecule has 0 saturated heterocycles. The van der Waals surface area contributed by atoms with E-state index in [0.717, 1.165) is 25.7 Å². The zero-order valence-electron chi connectivity index (χ0n) is 9.76. The van der Waals surface area contributed by atoms with E-state index in [0.29, 0.717) is 9.13 Å². The summed E-state index contributed by atoms with van der Waals surface area (Å²) in [5.74, 6) is -0.499. The molecule has 1 N–H and O–H groups in total. The van der Waals surface area contributed by atoms with Gasteiger partial charge in [0.15, 0.2) is 0 Å². The average molecular weight is 382 g/mol. The number of halogens is 3. The van der Waals surface area contributed by atoms with Crippen molar-refractivity contribution in [2.24, 2.45) is 0 Å². The van der Waals surface area contributed by atoms with Gasteiger partial charge in [0, 0.05) is 9.61 Å². The third kappa shape index (κ3) is 3.35. The van der Waals surface area contributed by atoms with E-state index in [-0.39, 0.29) is 23.1 Å². The second-order valence-electron chi connectivity index (χ2n) is 4.50. The van der Waals surface area contributed by atoms with Crippen LogP contribution >= 0.6 is 34.2 Å². The fourth-order valence-corrected chi connectivity index (χ4v) is 3.23. The van der Waals surface area contributed by atoms with Crippen LogP contribution in [0.15, 0.2) is 18.2 Å². The molecule has 1 aromatic carbocycles. The van der Waals surface area contributed by atoms with Crippen molar-refractivity contribution in [2.75, 3.05) is 0 Å². The third-order valence-corrected chi connectivity index (χ3v) is 4.59. The molecule has 98 valence electrons. The molecule has 2 rings (SSSR count). The number of hydrogen-bond acceptors (Lipinski definition) is 1. The van der Waals surface area contributed by atoms with Gasteiger partial charge < -0.3 is 5.32 Å². The maximum atomic E-state index is 13.0. The quantitative estimate of drug-likeness (QED) is 0.614. The topological polar surface area (TPSA) is 29.1 Å². The highest BCUT2D eigenvalue weighted by molar-refractivity contribution is 14.1. The van der Waals surface area contributed by atoms with Crippen LogP contribution in [-0.4, -0.2) is 17.3 Å². The second kappa shape index (κ2) is 6.19. The lowest BCUT2D eigenvalue weighted by Gasteiger charge is -2.28. The predicted octanol–water partition coefficient (Wildman–Crippen LogP) is 3.71. The molecule has 1 aliphatic carbocycles. The fraction of sp³-hybridized carbons (Fsp3) is 0.462. The Labute approximate surface area is 124 Å². The van der Waals surface area contributed by atoms with Gasteiger partial charge >= 0.3 is 0 Å². The number of hydrogen-bond donors (Lipinski definition) is 1. The highest BCUT2D eigenvalue weighted by Crippen LogP contribution is 2.23. The Balaban J connectivity index is 2.07. The molecule has 0 spiro atoms. The van der Waals surface area contributed by atoms with Gasteiger partial charge in [0.2, 0.25) is 0 Å². The molecule has 0 bridgehead atoms. The van der Waals surface area contributed by atoms with Gasteiger partial charge in [0.25, 0.3) is 5.91 Å². The first-order valence-electron chi connectivity index (χ1n) is 5.98. The molecule has 1 aliphatic rings. The molecule has 1 saturated carbocycles. The first-order valence-corrected chi connectivity index (χ1v) is 7.49. The number of alkyl halides is 1. The Bertz CT molecular complexity index is 455. The maximum Gasteiger partial charge on any atom is 0.252 e. The molecule has 0 radical (unpaired) electrons. The van der Waals surface area contributed by atoms with Crippen molar-refractivity contribution in [2.45, 2.75) is 37.1 Å². The van der Waals surface area contributed by atoms with Crippen LogP contribution in [0.5, 0.6) is 0 Å². The number of benzene rings is 1. The summed E-state index contributed by atoms with van der Waals surface area (Å²) in [5.41, 5.74) is 0.506. The zero-order valence-corrected chi connectivity index (χ0v) is 12.7. The molecular formula is C13H14ClFINO. The van der Waals surface area contributed by atoms with E-state index in [1.807, 2.05) is 22.6 Å². The second-order valence-corrected chi connectivity index (χ2v) is 6.23. The highest BCUT2D eigenvalue weighted by Gasteiger charge is 2.25. The van der Waals surface area contributed by atoms with Crippen molar-refractivity contribution in [1.29, 1.82) is 0 Å². The van der Waals surface area contributed by atoms with Gasteiger partial charge in [-0.25, -0.2) is 4.39 Å². The largest absolute Gasteiger partial charge is 0.348 e.